The van der Waals surface area contributed by atoms with Crippen LogP contribution in [0.25, 0.3) is 44.2 Å². The minimum atomic E-state index is -0.788. The van der Waals surface area contributed by atoms with Crippen LogP contribution in [0.5, 0.6) is 0 Å². The fraction of sp³-hybridized carbons (Fsp3) is 0.381. The molecular formula is C42H46N8O6. The van der Waals surface area contributed by atoms with Gasteiger partial charge >= 0.3 is 12.2 Å². The molecule has 290 valence electrons. The number of fused-ring (bicyclic) bond motifs is 2. The maximum Gasteiger partial charge on any atom is 0.433 e. The molecule has 5 aromatic rings. The number of amides is 4. The van der Waals surface area contributed by atoms with Crippen LogP contribution in [-0.4, -0.2) is 92.5 Å². The van der Waals surface area contributed by atoms with E-state index in [-0.39, 0.29) is 47.2 Å². The van der Waals surface area contributed by atoms with Gasteiger partial charge in [0.05, 0.1) is 49.2 Å². The minimum Gasteiger partial charge on any atom is -0.451 e. The Kier molecular flexibility index (Phi) is 10.8. The number of imidazole rings is 2. The molecule has 14 nitrogen and oxygen atoms in total. The standard InChI is InChI=1S/C42H46N8O6/c1-23(2)35(47-41(53)55-5)39(51)49-17-7-9-33(49)37-43-22-32(46-37)29-14-13-25-19-26(11-12-27(25)20-29)28-15-16-30-31(21-28)45-38(44-30)34-10-8-18-50(34)40(52)36(24(3)4)48-42(54)56-6/h11-16,19-24,33-34H,7-10,17-18H2,1-6H3,(H,43,46)(H,44,45)/t33-,34-/m0/s1. The molecule has 14 heteroatoms. The van der Waals surface area contributed by atoms with E-state index in [1.54, 1.807) is 16.0 Å². The van der Waals surface area contributed by atoms with E-state index in [1.807, 2.05) is 33.8 Å². The lowest BCUT2D eigenvalue weighted by molar-refractivity contribution is -0.126. The molecule has 4 amide bonds. The quantitative estimate of drug-likeness (QED) is 0.151. The summed E-state index contributed by atoms with van der Waals surface area (Å²) < 4.78 is 9.38. The summed E-state index contributed by atoms with van der Waals surface area (Å²) in [4.78, 5) is 78.7. The second-order valence-electron chi connectivity index (χ2n) is 14.9. The van der Waals surface area contributed by atoms with Crippen molar-refractivity contribution < 1.29 is 28.7 Å². The lowest BCUT2D eigenvalue weighted by atomic mass is 9.99. The molecule has 56 heavy (non-hydrogen) atoms. The highest BCUT2D eigenvalue weighted by Gasteiger charge is 2.37. The maximum absolute atomic E-state index is 13.6. The Hall–Kier alpha value is -6.18. The molecule has 2 saturated heterocycles. The number of H-pyrrole nitrogens is 2. The topological polar surface area (TPSA) is 175 Å². The molecule has 2 N–H and O–H groups in total. The van der Waals surface area contributed by atoms with E-state index >= 15 is 0 Å². The van der Waals surface area contributed by atoms with Crippen molar-refractivity contribution in [3.63, 3.8) is 0 Å². The third kappa shape index (κ3) is 7.55. The van der Waals surface area contributed by atoms with E-state index in [1.165, 1.54) is 14.2 Å². The number of rotatable bonds is 8. The summed E-state index contributed by atoms with van der Waals surface area (Å²) in [5, 5.41) is 2.14. The van der Waals surface area contributed by atoms with E-state index in [9.17, 15) is 19.2 Å². The zero-order valence-electron chi connectivity index (χ0n) is 32.5. The summed E-state index contributed by atoms with van der Waals surface area (Å²) in [5.41, 5.74) is 5.91. The summed E-state index contributed by atoms with van der Waals surface area (Å²) in [6, 6.07) is 18.2. The number of hydrogen-bond donors (Lipinski definition) is 2. The minimum absolute atomic E-state index is 0.174. The van der Waals surface area contributed by atoms with Gasteiger partial charge in [0.1, 0.15) is 23.1 Å². The summed E-state index contributed by atoms with van der Waals surface area (Å²) in [6.45, 7) is 8.43. The van der Waals surface area contributed by atoms with Crippen molar-refractivity contribution in [2.24, 2.45) is 21.8 Å². The van der Waals surface area contributed by atoms with Crippen LogP contribution < -0.4 is 0 Å². The van der Waals surface area contributed by atoms with Gasteiger partial charge in [0.15, 0.2) is 0 Å². The largest absolute Gasteiger partial charge is 0.451 e. The van der Waals surface area contributed by atoms with Gasteiger partial charge < -0.3 is 29.2 Å². The van der Waals surface area contributed by atoms with Crippen LogP contribution in [0.2, 0.25) is 0 Å². The molecule has 0 spiro atoms. The third-order valence-electron chi connectivity index (χ3n) is 10.5. The Bertz CT molecular complexity index is 2390. The van der Waals surface area contributed by atoms with E-state index in [4.69, 9.17) is 9.72 Å². The average molecular weight is 759 g/mol. The molecule has 0 aliphatic carbocycles. The van der Waals surface area contributed by atoms with Gasteiger partial charge in [-0.3, -0.25) is 9.59 Å². The Balaban J connectivity index is 1.09. The van der Waals surface area contributed by atoms with Gasteiger partial charge in [0.25, 0.3) is 11.8 Å². The Morgan fingerprint density at radius 2 is 1.21 bits per heavy atom. The molecule has 0 bridgehead atoms. The van der Waals surface area contributed by atoms with E-state index in [0.29, 0.717) is 24.7 Å². The summed E-state index contributed by atoms with van der Waals surface area (Å²) in [5.74, 6) is 0.342. The zero-order chi connectivity index (χ0) is 39.7. The van der Waals surface area contributed by atoms with Gasteiger partial charge in [-0.2, -0.15) is 9.98 Å². The number of nitrogens with one attached hydrogen (secondary N) is 2. The number of aromatic nitrogens is 4. The van der Waals surface area contributed by atoms with Crippen LogP contribution in [0.4, 0.5) is 9.59 Å². The number of carbonyl (C=O) groups excluding carboxylic acids is 4. The van der Waals surface area contributed by atoms with Crippen LogP contribution in [0, 0.1) is 11.8 Å². The first-order valence-corrected chi connectivity index (χ1v) is 19.0. The lowest BCUT2D eigenvalue weighted by Gasteiger charge is -2.24. The molecule has 0 unspecified atom stereocenters. The molecular weight excluding hydrogens is 713 g/mol. The molecule has 2 aliphatic rings. The predicted octanol–water partition coefficient (Wildman–Crippen LogP) is 7.83. The number of ether oxygens (including phenoxy) is 2. The van der Waals surface area contributed by atoms with Gasteiger partial charge in [0, 0.05) is 30.5 Å². The number of aromatic amines is 2. The molecule has 4 heterocycles. The van der Waals surface area contributed by atoms with Gasteiger partial charge in [-0.05, 0) is 71.8 Å². The number of carbonyl (C=O) groups is 4. The van der Waals surface area contributed by atoms with Crippen LogP contribution in [0.3, 0.4) is 0 Å². The Labute approximate surface area is 324 Å². The molecule has 2 atom stereocenters. The molecule has 3 aromatic carbocycles. The number of hydrogen-bond acceptors (Lipinski definition) is 8. The zero-order valence-corrected chi connectivity index (χ0v) is 32.5. The fourth-order valence-corrected chi connectivity index (χ4v) is 7.63. The van der Waals surface area contributed by atoms with Gasteiger partial charge in [0.2, 0.25) is 0 Å². The molecule has 7 rings (SSSR count). The summed E-state index contributed by atoms with van der Waals surface area (Å²) >= 11 is 0. The number of benzene rings is 3. The van der Waals surface area contributed by atoms with Crippen LogP contribution in [0.15, 0.2) is 70.8 Å². The van der Waals surface area contributed by atoms with Gasteiger partial charge in [-0.15, -0.1) is 0 Å². The first-order valence-electron chi connectivity index (χ1n) is 19.0. The summed E-state index contributed by atoms with van der Waals surface area (Å²) in [6.07, 6.45) is 3.36. The first-order chi connectivity index (χ1) is 26.9. The molecule has 0 radical (unpaired) electrons. The highest BCUT2D eigenvalue weighted by molar-refractivity contribution is 6.41. The van der Waals surface area contributed by atoms with Crippen molar-refractivity contribution >= 4 is 57.2 Å². The monoisotopic (exact) mass is 758 g/mol. The predicted molar refractivity (Wildman–Crippen MR) is 213 cm³/mol. The van der Waals surface area contributed by atoms with E-state index in [2.05, 4.69) is 78.2 Å². The van der Waals surface area contributed by atoms with Crippen molar-refractivity contribution in [3.05, 3.63) is 72.4 Å². The second-order valence-corrected chi connectivity index (χ2v) is 14.9. The van der Waals surface area contributed by atoms with E-state index in [0.717, 1.165) is 69.9 Å². The number of likely N-dealkylation sites (tertiary alicyclic amines) is 2. The lowest BCUT2D eigenvalue weighted by Crippen LogP contribution is -2.39. The normalized spacial score (nSPS) is 17.8. The number of nitrogens with zero attached hydrogens (tertiary/aromatic N) is 6. The van der Waals surface area contributed by atoms with Crippen molar-refractivity contribution in [1.29, 1.82) is 0 Å². The molecule has 0 saturated carbocycles. The highest BCUT2D eigenvalue weighted by Crippen LogP contribution is 2.35. The first kappa shape index (κ1) is 38.1. The molecule has 2 fully saturated rings. The van der Waals surface area contributed by atoms with Gasteiger partial charge in [-0.25, -0.2) is 19.6 Å². The van der Waals surface area contributed by atoms with Crippen molar-refractivity contribution in [2.75, 3.05) is 27.3 Å². The Morgan fingerprint density at radius 1 is 0.696 bits per heavy atom. The number of methoxy groups -OCH3 is 2. The van der Waals surface area contributed by atoms with Crippen molar-refractivity contribution in [3.8, 4) is 22.4 Å². The van der Waals surface area contributed by atoms with E-state index < -0.39 is 12.2 Å². The third-order valence-corrected chi connectivity index (χ3v) is 10.5. The average Bonchev–Trinajstić information content (AvgIpc) is 4.03. The highest BCUT2D eigenvalue weighted by atomic mass is 16.5. The van der Waals surface area contributed by atoms with Crippen LogP contribution in [0.1, 0.15) is 77.1 Å². The SMILES string of the molecule is COC(=O)N=C(C(=O)N1CCC[C@H]1c1ncc(-c2ccc3cc(-c4ccc5nc([C@@H]6CCCN6C(=O)C(=NC(=O)OC)C(C)C)[nH]c5c4)ccc3c2)[nH]1)C(C)C. The summed E-state index contributed by atoms with van der Waals surface area (Å²) in [7, 11) is 2.49. The molecule has 2 aromatic heterocycles. The maximum atomic E-state index is 13.6. The van der Waals surface area contributed by atoms with Crippen LogP contribution >= 0.6 is 0 Å². The number of aliphatic imine (C=N–C) groups is 2. The second kappa shape index (κ2) is 15.9. The smallest absolute Gasteiger partial charge is 0.433 e. The fourth-order valence-electron chi connectivity index (χ4n) is 7.63. The molecule has 2 aliphatic heterocycles. The van der Waals surface area contributed by atoms with Crippen molar-refractivity contribution in [1.82, 2.24) is 29.7 Å². The van der Waals surface area contributed by atoms with Crippen LogP contribution in [-0.2, 0) is 19.1 Å². The van der Waals surface area contributed by atoms with Gasteiger partial charge in [-0.1, -0.05) is 58.0 Å². The Morgan fingerprint density at radius 3 is 1.79 bits per heavy atom. The van der Waals surface area contributed by atoms with Crippen molar-refractivity contribution in [2.45, 2.75) is 65.5 Å².